The molecule has 12 aromatic rings. The van der Waals surface area contributed by atoms with Crippen LogP contribution in [0.2, 0.25) is 0 Å². The molecule has 1 aromatic heterocycles. The second kappa shape index (κ2) is 20.0. The van der Waals surface area contributed by atoms with Gasteiger partial charge in [0, 0.05) is 48.8 Å². The molecule has 2 aliphatic heterocycles. The summed E-state index contributed by atoms with van der Waals surface area (Å²) in [6.07, 6.45) is 4.54. The Balaban J connectivity index is 1.10. The van der Waals surface area contributed by atoms with Crippen LogP contribution in [0.3, 0.4) is 0 Å². The molecule has 0 amide bonds. The Labute approximate surface area is 470 Å². The predicted molar refractivity (Wildman–Crippen MR) is 340 cm³/mol. The number of benzene rings is 11. The number of anilines is 3. The van der Waals surface area contributed by atoms with Gasteiger partial charge in [0.15, 0.2) is 0 Å². The number of unbranched alkanes of at least 4 members (excludes halogenated alkanes) is 2. The molecular formula is C75H61BN2S. The fourth-order valence-corrected chi connectivity index (χ4v) is 13.8. The highest BCUT2D eigenvalue weighted by Gasteiger charge is 2.43. The second-order valence-corrected chi connectivity index (χ2v) is 23.7. The Bertz CT molecular complexity index is 4090. The van der Waals surface area contributed by atoms with Gasteiger partial charge in [0.2, 0.25) is 6.71 Å². The molecule has 4 heteroatoms. The Morgan fingerprint density at radius 1 is 0.418 bits per heavy atom. The lowest BCUT2D eigenvalue weighted by Crippen LogP contribution is -2.60. The van der Waals surface area contributed by atoms with Crippen LogP contribution in [0, 0.1) is 0 Å². The summed E-state index contributed by atoms with van der Waals surface area (Å²) < 4.78 is 2.50. The molecule has 0 N–H and O–H groups in total. The lowest BCUT2D eigenvalue weighted by Gasteiger charge is -2.42. The maximum absolute atomic E-state index is 2.73. The molecule has 0 atom stereocenters. The third-order valence-electron chi connectivity index (χ3n) is 16.6. The highest BCUT2D eigenvalue weighted by atomic mass is 32.2. The van der Waals surface area contributed by atoms with E-state index < -0.39 is 0 Å². The Morgan fingerprint density at radius 3 is 1.48 bits per heavy atom. The number of hydrogen-bond acceptors (Lipinski definition) is 2. The monoisotopic (exact) mass is 1030 g/mol. The van der Waals surface area contributed by atoms with Crippen LogP contribution >= 0.6 is 11.8 Å². The van der Waals surface area contributed by atoms with Gasteiger partial charge in [0.1, 0.15) is 0 Å². The van der Waals surface area contributed by atoms with E-state index in [1.807, 2.05) is 11.8 Å². The number of fused-ring (bicyclic) bond motifs is 7. The minimum atomic E-state index is -0.153. The summed E-state index contributed by atoms with van der Waals surface area (Å²) in [7, 11) is 0. The Kier molecular flexibility index (Phi) is 12.4. The zero-order valence-corrected chi connectivity index (χ0v) is 46.2. The van der Waals surface area contributed by atoms with Crippen molar-refractivity contribution >= 4 is 73.7 Å². The van der Waals surface area contributed by atoms with Crippen LogP contribution in [0.4, 0.5) is 17.1 Å². The SMILES string of the molecule is CCCCCc1cc2c3c(c1)N(c1c(-c4ccc(-c5ccccc5)cc4)cc(C(C)(C)C)cc1-c1ccc(-c4ccccc4)cc1)c1cc(-n4c5ccccc5c5ccccc54)ccc1B3c1cc(-c3ccccc3)ccc1S2. The number of nitrogens with zero attached hydrogens (tertiary/aromatic N) is 2. The lowest BCUT2D eigenvalue weighted by atomic mass is 9.34. The molecule has 79 heavy (non-hydrogen) atoms. The first-order chi connectivity index (χ1) is 38.8. The zero-order valence-electron chi connectivity index (χ0n) is 45.4. The first-order valence-electron chi connectivity index (χ1n) is 28.2. The van der Waals surface area contributed by atoms with Crippen LogP contribution in [0.15, 0.2) is 259 Å². The summed E-state index contributed by atoms with van der Waals surface area (Å²) >= 11 is 1.96. The summed E-state index contributed by atoms with van der Waals surface area (Å²) in [5.41, 5.74) is 25.9. The van der Waals surface area contributed by atoms with E-state index in [2.05, 4.69) is 286 Å². The first-order valence-corrected chi connectivity index (χ1v) is 29.1. The van der Waals surface area contributed by atoms with E-state index in [9.17, 15) is 0 Å². The average Bonchev–Trinajstić information content (AvgIpc) is 3.98. The minimum absolute atomic E-state index is 0.0101. The molecule has 2 nitrogen and oxygen atoms in total. The molecule has 380 valence electrons. The Hall–Kier alpha value is -8.57. The van der Waals surface area contributed by atoms with Crippen molar-refractivity contribution in [3.05, 3.63) is 260 Å². The number of aryl methyl sites for hydroxylation is 1. The normalized spacial score (nSPS) is 12.7. The van der Waals surface area contributed by atoms with Crippen LogP contribution in [0.1, 0.15) is 58.1 Å². The fraction of sp³-hybridized carbons (Fsp3) is 0.120. The topological polar surface area (TPSA) is 8.17 Å². The van der Waals surface area contributed by atoms with Crippen molar-refractivity contribution < 1.29 is 0 Å². The van der Waals surface area contributed by atoms with E-state index in [0.29, 0.717) is 0 Å². The summed E-state index contributed by atoms with van der Waals surface area (Å²) in [6, 6.07) is 93.9. The van der Waals surface area contributed by atoms with Crippen molar-refractivity contribution in [2.75, 3.05) is 4.90 Å². The van der Waals surface area contributed by atoms with Crippen molar-refractivity contribution in [1.29, 1.82) is 0 Å². The summed E-state index contributed by atoms with van der Waals surface area (Å²) in [5.74, 6) is 0. The van der Waals surface area contributed by atoms with E-state index >= 15 is 0 Å². The van der Waals surface area contributed by atoms with Crippen LogP contribution < -0.4 is 21.3 Å². The highest BCUT2D eigenvalue weighted by Crippen LogP contribution is 2.52. The molecule has 3 heterocycles. The van der Waals surface area contributed by atoms with Gasteiger partial charge >= 0.3 is 0 Å². The number of rotatable bonds is 11. The summed E-state index contributed by atoms with van der Waals surface area (Å²) in [6.45, 7) is 9.39. The number of aromatic nitrogens is 1. The molecule has 0 bridgehead atoms. The van der Waals surface area contributed by atoms with Crippen molar-refractivity contribution in [2.45, 2.75) is 68.6 Å². The van der Waals surface area contributed by atoms with E-state index in [-0.39, 0.29) is 12.1 Å². The largest absolute Gasteiger partial charge is 0.310 e. The standard InChI is InChI=1S/C75H61BN2S/c1-5-6-10-21-50-44-70-73-72(45-50)79-71-43-40-58(53-26-15-9-16-27-53)46-66(71)76(73)65-42-41-60(77-67-30-19-17-28-61(67)62-29-18-20-31-68(62)77)49-69(65)78(70)74-63(56-36-32-54(33-37-56)51-22-11-7-12-23-51)47-59(75(2,3)4)48-64(74)57-38-34-55(35-39-57)52-24-13-8-14-25-52/h7-9,11-20,22-49H,5-6,10,21H2,1-4H3. The van der Waals surface area contributed by atoms with Gasteiger partial charge < -0.3 is 9.47 Å². The minimum Gasteiger partial charge on any atom is -0.310 e. The highest BCUT2D eigenvalue weighted by molar-refractivity contribution is 8.00. The predicted octanol–water partition coefficient (Wildman–Crippen LogP) is 18.9. The van der Waals surface area contributed by atoms with Gasteiger partial charge in [-0.3, -0.25) is 0 Å². The van der Waals surface area contributed by atoms with Gasteiger partial charge in [0.05, 0.1) is 16.7 Å². The van der Waals surface area contributed by atoms with Crippen LogP contribution in [0.25, 0.3) is 83.1 Å². The summed E-state index contributed by atoms with van der Waals surface area (Å²) in [5, 5.41) is 2.51. The molecule has 0 saturated heterocycles. The molecule has 14 rings (SSSR count). The van der Waals surface area contributed by atoms with E-state index in [1.54, 1.807) is 0 Å². The van der Waals surface area contributed by atoms with Gasteiger partial charge in [-0.05, 0) is 139 Å². The molecule has 2 aliphatic rings. The van der Waals surface area contributed by atoms with E-state index in [0.717, 1.165) is 18.5 Å². The van der Waals surface area contributed by atoms with Gasteiger partial charge in [-0.25, -0.2) is 0 Å². The molecule has 0 fully saturated rings. The van der Waals surface area contributed by atoms with Crippen LogP contribution in [0.5, 0.6) is 0 Å². The van der Waals surface area contributed by atoms with E-state index in [1.165, 1.54) is 145 Å². The second-order valence-electron chi connectivity index (χ2n) is 22.6. The van der Waals surface area contributed by atoms with Gasteiger partial charge in [-0.15, -0.1) is 0 Å². The molecule has 0 spiro atoms. The number of hydrogen-bond donors (Lipinski definition) is 0. The molecule has 11 aromatic carbocycles. The maximum Gasteiger partial charge on any atom is 0.249 e. The quantitative estimate of drug-likeness (QED) is 0.0942. The smallest absolute Gasteiger partial charge is 0.249 e. The van der Waals surface area contributed by atoms with Crippen LogP contribution in [-0.2, 0) is 11.8 Å². The molecule has 0 unspecified atom stereocenters. The fourth-order valence-electron chi connectivity index (χ4n) is 12.6. The van der Waals surface area contributed by atoms with Gasteiger partial charge in [-0.2, -0.15) is 0 Å². The molecule has 0 aliphatic carbocycles. The molecular weight excluding hydrogens is 972 g/mol. The maximum atomic E-state index is 2.73. The third-order valence-corrected chi connectivity index (χ3v) is 17.8. The Morgan fingerprint density at radius 2 is 0.924 bits per heavy atom. The first kappa shape index (κ1) is 48.8. The van der Waals surface area contributed by atoms with Crippen LogP contribution in [-0.4, -0.2) is 11.3 Å². The van der Waals surface area contributed by atoms with Crippen molar-refractivity contribution in [3.63, 3.8) is 0 Å². The third kappa shape index (κ3) is 8.71. The van der Waals surface area contributed by atoms with Crippen molar-refractivity contribution in [3.8, 4) is 61.3 Å². The van der Waals surface area contributed by atoms with Crippen molar-refractivity contribution in [2.24, 2.45) is 0 Å². The molecule has 0 saturated carbocycles. The summed E-state index contributed by atoms with van der Waals surface area (Å²) in [4.78, 5) is 5.41. The molecule has 0 radical (unpaired) electrons. The average molecular weight is 1030 g/mol. The van der Waals surface area contributed by atoms with E-state index in [4.69, 9.17) is 0 Å². The lowest BCUT2D eigenvalue weighted by molar-refractivity contribution is 0.591. The van der Waals surface area contributed by atoms with Gasteiger partial charge in [-0.1, -0.05) is 252 Å². The number of para-hydroxylation sites is 2. The van der Waals surface area contributed by atoms with Crippen molar-refractivity contribution in [1.82, 2.24) is 4.57 Å². The zero-order chi connectivity index (χ0) is 53.2. The van der Waals surface area contributed by atoms with Gasteiger partial charge in [0.25, 0.3) is 0 Å².